The van der Waals surface area contributed by atoms with Crippen molar-refractivity contribution in [3.8, 4) is 38.4 Å². The minimum Gasteiger partial charge on any atom is -0.456 e. The van der Waals surface area contributed by atoms with Crippen molar-refractivity contribution >= 4 is 94.3 Å². The zero-order chi connectivity index (χ0) is 47.5. The molecule has 3 aromatic heterocycles. The number of anilines is 2. The van der Waals surface area contributed by atoms with Gasteiger partial charge in [0.2, 0.25) is 0 Å². The largest absolute Gasteiger partial charge is 0.456 e. The van der Waals surface area contributed by atoms with Gasteiger partial charge in [0.15, 0.2) is 0 Å². The Morgan fingerprint density at radius 2 is 1.26 bits per heavy atom. The third kappa shape index (κ3) is 5.32. The maximum Gasteiger partial charge on any atom is 0.333 e. The first kappa shape index (κ1) is 41.0. The summed E-state index contributed by atoms with van der Waals surface area (Å²) in [5, 5.41) is 6.30. The van der Waals surface area contributed by atoms with Gasteiger partial charge >= 0.3 is 6.85 Å². The molecule has 340 valence electrons. The fourth-order valence-corrected chi connectivity index (χ4v) is 14.7. The van der Waals surface area contributed by atoms with Crippen molar-refractivity contribution in [3.05, 3.63) is 173 Å². The van der Waals surface area contributed by atoms with Crippen LogP contribution in [0.5, 0.6) is 0 Å². The predicted octanol–water partition coefficient (Wildman–Crippen LogP) is 16.8. The molecule has 4 aliphatic rings. The van der Waals surface area contributed by atoms with Gasteiger partial charge in [0.1, 0.15) is 11.2 Å². The molecule has 0 fully saturated rings. The van der Waals surface area contributed by atoms with E-state index in [1.807, 2.05) is 11.3 Å². The Labute approximate surface area is 414 Å². The first-order valence-electron chi connectivity index (χ1n) is 25.4. The molecular weight excluding hydrogens is 868 g/mol. The van der Waals surface area contributed by atoms with Crippen LogP contribution in [0.1, 0.15) is 103 Å². The molecule has 0 unspecified atom stereocenters. The number of fused-ring (bicyclic) bond motifs is 16. The highest BCUT2D eigenvalue weighted by Crippen LogP contribution is 2.54. The molecule has 8 aromatic carbocycles. The average molecular weight is 923 g/mol. The summed E-state index contributed by atoms with van der Waals surface area (Å²) in [7, 11) is 0. The van der Waals surface area contributed by atoms with Crippen LogP contribution in [-0.2, 0) is 21.7 Å². The SMILES string of the molecule is CC(C)(C)c1ccc(N2B3c4cc5cc(-c6ccccc6)sc5cc4-n4c5cc6c(cc5c5ccc(c3c54)-c3cc4oc5cc7c(cc5c4cc32)C(C)(C)CCC7(C)C)C(C)(C)c2ccccc2-6)cc1. The molecular formula is C65H55BN2OS. The highest BCUT2D eigenvalue weighted by molar-refractivity contribution is 7.22. The average Bonchev–Trinajstić information content (AvgIpc) is 4.08. The maximum atomic E-state index is 7.07. The highest BCUT2D eigenvalue weighted by Gasteiger charge is 2.46. The molecule has 15 rings (SSSR count). The Hall–Kier alpha value is -6.82. The fourth-order valence-electron chi connectivity index (χ4n) is 13.6. The minimum absolute atomic E-state index is 0.0230. The van der Waals surface area contributed by atoms with Crippen molar-refractivity contribution in [1.29, 1.82) is 0 Å². The van der Waals surface area contributed by atoms with Crippen LogP contribution in [0.15, 0.2) is 150 Å². The Morgan fingerprint density at radius 3 is 2.03 bits per heavy atom. The summed E-state index contributed by atoms with van der Waals surface area (Å²) >= 11 is 1.90. The Bertz CT molecular complexity index is 4130. The van der Waals surface area contributed by atoms with Crippen molar-refractivity contribution in [2.75, 3.05) is 4.81 Å². The number of nitrogens with zero attached hydrogens (tertiary/aromatic N) is 2. The van der Waals surface area contributed by atoms with Crippen molar-refractivity contribution in [1.82, 2.24) is 4.57 Å². The number of hydrogen-bond acceptors (Lipinski definition) is 3. The van der Waals surface area contributed by atoms with E-state index in [2.05, 4.69) is 217 Å². The standard InChI is InChI=1S/C65H55BN2OS/c1-62(2,3)38-19-21-39(22-20-38)68-54-32-47-46-30-50-51(64(6,7)26-25-63(50,4)5)34-57(46)69-56(47)33-45(54)41-23-24-42-44-29-49-43(40-17-13-14-18-48(40)65(49,8)9)31-53(44)67-55-35-59-37(27-52(55)66(68)60(41)61(42)67)28-58(70-59)36-15-11-10-12-16-36/h10-24,27-35H,25-26H2,1-9H3. The van der Waals surface area contributed by atoms with Crippen LogP contribution in [0.3, 0.4) is 0 Å². The van der Waals surface area contributed by atoms with Crippen LogP contribution < -0.4 is 15.7 Å². The molecule has 0 radical (unpaired) electrons. The quantitative estimate of drug-likeness (QED) is 0.161. The summed E-state index contributed by atoms with van der Waals surface area (Å²) < 4.78 is 11.0. The smallest absolute Gasteiger partial charge is 0.333 e. The second-order valence-electron chi connectivity index (χ2n) is 24.0. The van der Waals surface area contributed by atoms with Gasteiger partial charge in [-0.25, -0.2) is 0 Å². The van der Waals surface area contributed by atoms with Gasteiger partial charge in [0, 0.05) is 59.2 Å². The number of aromatic nitrogens is 1. The van der Waals surface area contributed by atoms with Gasteiger partial charge in [-0.15, -0.1) is 11.3 Å². The Kier molecular flexibility index (Phi) is 7.81. The van der Waals surface area contributed by atoms with E-state index in [0.717, 1.165) is 11.2 Å². The third-order valence-corrected chi connectivity index (χ3v) is 18.7. The van der Waals surface area contributed by atoms with Crippen LogP contribution in [0, 0.1) is 0 Å². The van der Waals surface area contributed by atoms with Gasteiger partial charge < -0.3 is 13.8 Å². The molecule has 0 amide bonds. The molecule has 3 nitrogen and oxygen atoms in total. The molecule has 2 aliphatic heterocycles. The van der Waals surface area contributed by atoms with Gasteiger partial charge in [0.25, 0.3) is 0 Å². The minimum atomic E-state index is -0.113. The molecule has 0 N–H and O–H groups in total. The van der Waals surface area contributed by atoms with Crippen LogP contribution >= 0.6 is 11.3 Å². The molecule has 0 bridgehead atoms. The molecule has 2 aliphatic carbocycles. The number of furan rings is 1. The summed E-state index contributed by atoms with van der Waals surface area (Å²) in [5.74, 6) is 0. The zero-order valence-corrected chi connectivity index (χ0v) is 42.4. The molecule has 70 heavy (non-hydrogen) atoms. The van der Waals surface area contributed by atoms with Gasteiger partial charge in [-0.2, -0.15) is 0 Å². The lowest BCUT2D eigenvalue weighted by Crippen LogP contribution is -2.60. The molecule has 11 aromatic rings. The molecule has 5 heteroatoms. The first-order chi connectivity index (χ1) is 33.5. The van der Waals surface area contributed by atoms with E-state index in [0.29, 0.717) is 0 Å². The van der Waals surface area contributed by atoms with Gasteiger partial charge in [-0.05, 0) is 156 Å². The van der Waals surface area contributed by atoms with Gasteiger partial charge in [0.05, 0.1) is 11.0 Å². The van der Waals surface area contributed by atoms with Gasteiger partial charge in [-0.1, -0.05) is 147 Å². The summed E-state index contributed by atoms with van der Waals surface area (Å²) in [4.78, 5) is 3.99. The predicted molar refractivity (Wildman–Crippen MR) is 299 cm³/mol. The van der Waals surface area contributed by atoms with Crippen molar-refractivity contribution in [2.24, 2.45) is 0 Å². The molecule has 0 saturated carbocycles. The summed E-state index contributed by atoms with van der Waals surface area (Å²) in [6, 6.07) is 56.7. The number of hydrogen-bond donors (Lipinski definition) is 0. The number of rotatable bonds is 2. The van der Waals surface area contributed by atoms with Crippen molar-refractivity contribution < 1.29 is 4.42 Å². The van der Waals surface area contributed by atoms with E-state index in [4.69, 9.17) is 4.42 Å². The summed E-state index contributed by atoms with van der Waals surface area (Å²) in [5.41, 5.74) is 24.4. The highest BCUT2D eigenvalue weighted by atomic mass is 32.1. The Balaban J connectivity index is 1.07. The van der Waals surface area contributed by atoms with Crippen molar-refractivity contribution in [3.63, 3.8) is 0 Å². The second-order valence-corrected chi connectivity index (χ2v) is 25.1. The summed E-state index contributed by atoms with van der Waals surface area (Å²) in [6.07, 6.45) is 2.34. The first-order valence-corrected chi connectivity index (χ1v) is 26.2. The molecule has 5 heterocycles. The molecule has 0 spiro atoms. The monoisotopic (exact) mass is 922 g/mol. The Morgan fingerprint density at radius 1 is 0.557 bits per heavy atom. The fraction of sp³-hybridized carbons (Fsp3) is 0.231. The number of benzene rings is 8. The summed E-state index contributed by atoms with van der Waals surface area (Å²) in [6.45, 7) is 21.3. The van der Waals surface area contributed by atoms with Crippen molar-refractivity contribution in [2.45, 2.75) is 96.8 Å². The lowest BCUT2D eigenvalue weighted by Gasteiger charge is -2.42. The van der Waals surface area contributed by atoms with Gasteiger partial charge in [-0.3, -0.25) is 0 Å². The van der Waals surface area contributed by atoms with E-state index >= 15 is 0 Å². The maximum absolute atomic E-state index is 7.07. The van der Waals surface area contributed by atoms with Crippen LogP contribution in [0.2, 0.25) is 0 Å². The number of thiophene rings is 1. The normalized spacial score (nSPS) is 16.8. The molecule has 0 saturated heterocycles. The topological polar surface area (TPSA) is 21.3 Å². The zero-order valence-electron chi connectivity index (χ0n) is 41.6. The second kappa shape index (κ2) is 13.3. The van der Waals surface area contributed by atoms with E-state index in [1.54, 1.807) is 0 Å². The van der Waals surface area contributed by atoms with E-state index < -0.39 is 0 Å². The van der Waals surface area contributed by atoms with Crippen LogP contribution in [0.4, 0.5) is 11.4 Å². The lowest BCUT2D eigenvalue weighted by atomic mass is 9.44. The van der Waals surface area contributed by atoms with Crippen LogP contribution in [0.25, 0.3) is 92.2 Å². The van der Waals surface area contributed by atoms with E-state index in [1.165, 1.54) is 144 Å². The van der Waals surface area contributed by atoms with E-state index in [9.17, 15) is 0 Å². The third-order valence-electron chi connectivity index (χ3n) is 17.6. The van der Waals surface area contributed by atoms with E-state index in [-0.39, 0.29) is 28.5 Å². The lowest BCUT2D eigenvalue weighted by molar-refractivity contribution is 0.332. The molecule has 0 atom stereocenters. The van der Waals surface area contributed by atoms with Crippen LogP contribution in [-0.4, -0.2) is 11.4 Å².